The van der Waals surface area contributed by atoms with E-state index >= 15 is 0 Å². The summed E-state index contributed by atoms with van der Waals surface area (Å²) in [6.45, 7) is 2.74. The van der Waals surface area contributed by atoms with Crippen LogP contribution in [0.4, 0.5) is 0 Å². The fourth-order valence-corrected chi connectivity index (χ4v) is 3.52. The third-order valence-electron chi connectivity index (χ3n) is 4.22. The Labute approximate surface area is 142 Å². The molecule has 0 unspecified atom stereocenters. The Morgan fingerprint density at radius 1 is 1.25 bits per heavy atom. The molecule has 1 aliphatic rings. The van der Waals surface area contributed by atoms with Crippen molar-refractivity contribution in [3.63, 3.8) is 0 Å². The van der Waals surface area contributed by atoms with Gasteiger partial charge in [0.2, 0.25) is 10.0 Å². The van der Waals surface area contributed by atoms with E-state index in [1.807, 2.05) is 0 Å². The molecule has 0 amide bonds. The van der Waals surface area contributed by atoms with Gasteiger partial charge in [-0.1, -0.05) is 0 Å². The molecule has 1 fully saturated rings. The highest BCUT2D eigenvalue weighted by molar-refractivity contribution is 7.89. The smallest absolute Gasteiger partial charge is 0.306 e. The average molecular weight is 356 g/mol. The number of sulfonamides is 1. The molecule has 1 saturated heterocycles. The number of hydrogen-bond acceptors (Lipinski definition) is 5. The third kappa shape index (κ3) is 4.68. The van der Waals surface area contributed by atoms with Gasteiger partial charge in [-0.2, -0.15) is 0 Å². The summed E-state index contributed by atoms with van der Waals surface area (Å²) < 4.78 is 30.8. The van der Waals surface area contributed by atoms with Crippen LogP contribution in [-0.2, 0) is 14.8 Å². The SMILES string of the molecule is CN(C)S(=O)(=O)c1ccc(OCCN2CCC(C(=O)O)CC2)cc1. The topological polar surface area (TPSA) is 87.2 Å². The highest BCUT2D eigenvalue weighted by atomic mass is 32.2. The van der Waals surface area contributed by atoms with Crippen molar-refractivity contribution in [3.8, 4) is 5.75 Å². The van der Waals surface area contributed by atoms with E-state index in [-0.39, 0.29) is 10.8 Å². The van der Waals surface area contributed by atoms with E-state index in [1.165, 1.54) is 30.5 Å². The Bertz CT molecular complexity index is 650. The lowest BCUT2D eigenvalue weighted by Crippen LogP contribution is -2.38. The summed E-state index contributed by atoms with van der Waals surface area (Å²) >= 11 is 0. The summed E-state index contributed by atoms with van der Waals surface area (Å²) in [6.07, 6.45) is 1.35. The van der Waals surface area contributed by atoms with Gasteiger partial charge in [0.25, 0.3) is 0 Å². The summed E-state index contributed by atoms with van der Waals surface area (Å²) in [4.78, 5) is 13.3. The molecule has 7 nitrogen and oxygen atoms in total. The summed E-state index contributed by atoms with van der Waals surface area (Å²) in [6, 6.07) is 6.35. The maximum Gasteiger partial charge on any atom is 0.306 e. The summed E-state index contributed by atoms with van der Waals surface area (Å²) in [7, 11) is -0.435. The van der Waals surface area contributed by atoms with Gasteiger partial charge in [0.1, 0.15) is 12.4 Å². The van der Waals surface area contributed by atoms with E-state index < -0.39 is 16.0 Å². The number of nitrogens with zero attached hydrogens (tertiary/aromatic N) is 2. The number of benzene rings is 1. The maximum absolute atomic E-state index is 12.0. The van der Waals surface area contributed by atoms with Gasteiger partial charge < -0.3 is 9.84 Å². The number of hydrogen-bond donors (Lipinski definition) is 1. The number of aliphatic carboxylic acids is 1. The molecule has 8 heteroatoms. The molecule has 0 bridgehead atoms. The Balaban J connectivity index is 1.78. The van der Waals surface area contributed by atoms with E-state index in [9.17, 15) is 13.2 Å². The predicted molar refractivity (Wildman–Crippen MR) is 89.6 cm³/mol. The van der Waals surface area contributed by atoms with Gasteiger partial charge in [0, 0.05) is 20.6 Å². The largest absolute Gasteiger partial charge is 0.492 e. The van der Waals surface area contributed by atoms with Crippen LogP contribution in [0.15, 0.2) is 29.2 Å². The lowest BCUT2D eigenvalue weighted by molar-refractivity contribution is -0.143. The Hall–Kier alpha value is -1.64. The van der Waals surface area contributed by atoms with Crippen molar-refractivity contribution in [2.75, 3.05) is 40.3 Å². The van der Waals surface area contributed by atoms with Crippen LogP contribution < -0.4 is 4.74 Å². The lowest BCUT2D eigenvalue weighted by atomic mass is 9.97. The van der Waals surface area contributed by atoms with Gasteiger partial charge in [-0.05, 0) is 50.2 Å². The van der Waals surface area contributed by atoms with Crippen molar-refractivity contribution in [1.82, 2.24) is 9.21 Å². The van der Waals surface area contributed by atoms with Crippen LogP contribution in [0, 0.1) is 5.92 Å². The van der Waals surface area contributed by atoms with Gasteiger partial charge in [0.15, 0.2) is 0 Å². The highest BCUT2D eigenvalue weighted by Crippen LogP contribution is 2.19. The van der Waals surface area contributed by atoms with Crippen LogP contribution in [0.3, 0.4) is 0 Å². The molecule has 0 atom stereocenters. The van der Waals surface area contributed by atoms with Gasteiger partial charge >= 0.3 is 5.97 Å². The fourth-order valence-electron chi connectivity index (χ4n) is 2.61. The van der Waals surface area contributed by atoms with Crippen molar-refractivity contribution in [1.29, 1.82) is 0 Å². The van der Waals surface area contributed by atoms with Crippen LogP contribution in [-0.4, -0.2) is 69.0 Å². The van der Waals surface area contributed by atoms with Crippen molar-refractivity contribution < 1.29 is 23.1 Å². The Kier molecular flexibility index (Phi) is 6.20. The molecule has 1 aromatic rings. The van der Waals surface area contributed by atoms with Crippen LogP contribution in [0.2, 0.25) is 0 Å². The Morgan fingerprint density at radius 3 is 2.33 bits per heavy atom. The Morgan fingerprint density at radius 2 is 1.83 bits per heavy atom. The molecule has 0 aliphatic carbocycles. The van der Waals surface area contributed by atoms with Gasteiger partial charge in [0.05, 0.1) is 10.8 Å². The van der Waals surface area contributed by atoms with Gasteiger partial charge in [-0.15, -0.1) is 0 Å². The predicted octanol–water partition coefficient (Wildman–Crippen LogP) is 1.11. The standard InChI is InChI=1S/C16H24N2O5S/c1-17(2)24(21,22)15-5-3-14(4-6-15)23-12-11-18-9-7-13(8-10-18)16(19)20/h3-6,13H,7-12H2,1-2H3,(H,19,20). The fraction of sp³-hybridized carbons (Fsp3) is 0.562. The van der Waals surface area contributed by atoms with E-state index in [0.29, 0.717) is 25.2 Å². The zero-order valence-corrected chi connectivity index (χ0v) is 14.8. The number of likely N-dealkylation sites (tertiary alicyclic amines) is 1. The summed E-state index contributed by atoms with van der Waals surface area (Å²) in [5, 5.41) is 8.97. The van der Waals surface area contributed by atoms with Crippen LogP contribution in [0.1, 0.15) is 12.8 Å². The van der Waals surface area contributed by atoms with Crippen LogP contribution >= 0.6 is 0 Å². The van der Waals surface area contributed by atoms with Crippen molar-refractivity contribution in [3.05, 3.63) is 24.3 Å². The second-order valence-corrected chi connectivity index (χ2v) is 8.21. The molecular formula is C16H24N2O5S. The first-order valence-corrected chi connectivity index (χ1v) is 9.35. The molecule has 134 valence electrons. The van der Waals surface area contributed by atoms with Gasteiger partial charge in [-0.25, -0.2) is 12.7 Å². The van der Waals surface area contributed by atoms with Gasteiger partial charge in [-0.3, -0.25) is 9.69 Å². The second kappa shape index (κ2) is 7.96. The average Bonchev–Trinajstić information content (AvgIpc) is 2.55. The van der Waals surface area contributed by atoms with Crippen LogP contribution in [0.25, 0.3) is 0 Å². The molecule has 2 rings (SSSR count). The summed E-state index contributed by atoms with van der Waals surface area (Å²) in [5.41, 5.74) is 0. The van der Waals surface area contributed by atoms with Crippen LogP contribution in [0.5, 0.6) is 5.75 Å². The summed E-state index contributed by atoms with van der Waals surface area (Å²) in [5.74, 6) is -0.319. The zero-order chi connectivity index (χ0) is 17.7. The van der Waals surface area contributed by atoms with E-state index in [2.05, 4.69) is 4.90 Å². The normalized spacial score (nSPS) is 17.1. The number of piperidine rings is 1. The first-order valence-electron chi connectivity index (χ1n) is 7.91. The van der Waals surface area contributed by atoms with Crippen molar-refractivity contribution in [2.45, 2.75) is 17.7 Å². The molecule has 1 heterocycles. The minimum Gasteiger partial charge on any atom is -0.492 e. The van der Waals surface area contributed by atoms with Crippen molar-refractivity contribution >= 4 is 16.0 Å². The minimum absolute atomic E-state index is 0.228. The molecule has 0 spiro atoms. The molecule has 1 N–H and O–H groups in total. The van der Waals surface area contributed by atoms with E-state index in [0.717, 1.165) is 19.6 Å². The molecule has 0 saturated carbocycles. The molecule has 24 heavy (non-hydrogen) atoms. The number of ether oxygens (including phenoxy) is 1. The van der Waals surface area contributed by atoms with E-state index in [1.54, 1.807) is 12.1 Å². The number of carboxylic acid groups (broad SMARTS) is 1. The number of carbonyl (C=O) groups is 1. The lowest BCUT2D eigenvalue weighted by Gasteiger charge is -2.29. The monoisotopic (exact) mass is 356 g/mol. The zero-order valence-electron chi connectivity index (χ0n) is 14.0. The highest BCUT2D eigenvalue weighted by Gasteiger charge is 2.24. The third-order valence-corrected chi connectivity index (χ3v) is 6.04. The minimum atomic E-state index is -3.42. The second-order valence-electron chi connectivity index (χ2n) is 6.06. The quantitative estimate of drug-likeness (QED) is 0.788. The number of rotatable bonds is 7. The van der Waals surface area contributed by atoms with E-state index in [4.69, 9.17) is 9.84 Å². The molecule has 0 radical (unpaired) electrons. The first-order chi connectivity index (χ1) is 11.3. The molecule has 1 aliphatic heterocycles. The molecule has 1 aromatic carbocycles. The van der Waals surface area contributed by atoms with Crippen molar-refractivity contribution in [2.24, 2.45) is 5.92 Å². The molecule has 0 aromatic heterocycles. The number of carboxylic acids is 1. The maximum atomic E-state index is 12.0. The molecular weight excluding hydrogens is 332 g/mol. The first kappa shape index (κ1) is 18.7.